The summed E-state index contributed by atoms with van der Waals surface area (Å²) in [7, 11) is 0. The van der Waals surface area contributed by atoms with Crippen LogP contribution < -0.4 is 11.1 Å². The van der Waals surface area contributed by atoms with Crippen LogP contribution in [0.1, 0.15) is 28.8 Å². The molecule has 2 aromatic rings. The highest BCUT2D eigenvalue weighted by molar-refractivity contribution is 6.05. The molecule has 1 aliphatic heterocycles. The maximum absolute atomic E-state index is 13.1. The van der Waals surface area contributed by atoms with Gasteiger partial charge in [-0.1, -0.05) is 18.2 Å². The average Bonchev–Trinajstić information content (AvgIpc) is 3.40. The average molecular weight is 424 g/mol. The molecular weight excluding hydrogens is 400 g/mol. The lowest BCUT2D eigenvalue weighted by Crippen LogP contribution is -2.41. The van der Waals surface area contributed by atoms with Crippen molar-refractivity contribution in [2.75, 3.05) is 30.7 Å². The standard InChI is InChI=1S/C21H22FN3O.2ClH/c22-18-7-8-20(19(23)10-18)24-21(26)17-5-3-14(4-6-17)9-16-12-25(13-16)11-15-1-2-15;;/h3-10,15H,1-2,11-13,23H2,(H,24,26);2*1H. The number of nitrogens with one attached hydrogen (secondary N) is 1. The summed E-state index contributed by atoms with van der Waals surface area (Å²) in [6.45, 7) is 3.36. The number of hydrogen-bond acceptors (Lipinski definition) is 3. The van der Waals surface area contributed by atoms with Gasteiger partial charge in [0.05, 0.1) is 11.4 Å². The van der Waals surface area contributed by atoms with Crippen molar-refractivity contribution in [3.8, 4) is 0 Å². The van der Waals surface area contributed by atoms with Crippen LogP contribution >= 0.6 is 24.8 Å². The quantitative estimate of drug-likeness (QED) is 0.690. The fourth-order valence-electron chi connectivity index (χ4n) is 3.22. The molecule has 4 nitrogen and oxygen atoms in total. The lowest BCUT2D eigenvalue weighted by atomic mass is 10.0. The van der Waals surface area contributed by atoms with E-state index in [0.29, 0.717) is 11.3 Å². The Hall–Kier alpha value is -2.08. The van der Waals surface area contributed by atoms with Gasteiger partial charge in [0.2, 0.25) is 0 Å². The normalized spacial score (nSPS) is 15.7. The predicted octanol–water partition coefficient (Wildman–Crippen LogP) is 4.61. The van der Waals surface area contributed by atoms with Gasteiger partial charge in [0.25, 0.3) is 5.91 Å². The van der Waals surface area contributed by atoms with Gasteiger partial charge in [-0.15, -0.1) is 24.8 Å². The van der Waals surface area contributed by atoms with Crippen LogP contribution in [0, 0.1) is 11.7 Å². The molecular formula is C21H24Cl2FN3O. The van der Waals surface area contributed by atoms with E-state index in [4.69, 9.17) is 5.73 Å². The maximum Gasteiger partial charge on any atom is 0.255 e. The molecule has 0 aromatic heterocycles. The number of carbonyl (C=O) groups excluding carboxylic acids is 1. The summed E-state index contributed by atoms with van der Waals surface area (Å²) in [6.07, 6.45) is 4.98. The van der Waals surface area contributed by atoms with Gasteiger partial charge in [-0.25, -0.2) is 4.39 Å². The summed E-state index contributed by atoms with van der Waals surface area (Å²) in [5.74, 6) is 0.246. The molecule has 28 heavy (non-hydrogen) atoms. The monoisotopic (exact) mass is 423 g/mol. The first-order valence-corrected chi connectivity index (χ1v) is 8.95. The number of carbonyl (C=O) groups is 1. The van der Waals surface area contributed by atoms with E-state index in [1.807, 2.05) is 12.1 Å². The lowest BCUT2D eigenvalue weighted by Gasteiger charge is -2.34. The van der Waals surface area contributed by atoms with E-state index < -0.39 is 5.82 Å². The third kappa shape index (κ3) is 5.47. The van der Waals surface area contributed by atoms with Crippen molar-refractivity contribution >= 4 is 48.2 Å². The van der Waals surface area contributed by atoms with Gasteiger partial charge >= 0.3 is 0 Å². The first kappa shape index (κ1) is 22.2. The summed E-state index contributed by atoms with van der Waals surface area (Å²) >= 11 is 0. The number of amides is 1. The van der Waals surface area contributed by atoms with E-state index >= 15 is 0 Å². The molecule has 1 amide bonds. The second-order valence-corrected chi connectivity index (χ2v) is 7.22. The van der Waals surface area contributed by atoms with Crippen LogP contribution in [-0.2, 0) is 0 Å². The van der Waals surface area contributed by atoms with Gasteiger partial charge < -0.3 is 11.1 Å². The van der Waals surface area contributed by atoms with E-state index in [-0.39, 0.29) is 36.4 Å². The van der Waals surface area contributed by atoms with Gasteiger partial charge in [-0.05, 0) is 60.2 Å². The van der Waals surface area contributed by atoms with Crippen LogP contribution in [0.5, 0.6) is 0 Å². The van der Waals surface area contributed by atoms with Gasteiger partial charge in [0, 0.05) is 25.2 Å². The zero-order valence-electron chi connectivity index (χ0n) is 15.4. The van der Waals surface area contributed by atoms with Crippen molar-refractivity contribution in [1.29, 1.82) is 0 Å². The second-order valence-electron chi connectivity index (χ2n) is 7.22. The van der Waals surface area contributed by atoms with Gasteiger partial charge in [-0.2, -0.15) is 0 Å². The molecule has 3 N–H and O–H groups in total. The number of likely N-dealkylation sites (tertiary alicyclic amines) is 1. The molecule has 0 spiro atoms. The Morgan fingerprint density at radius 3 is 2.43 bits per heavy atom. The summed E-state index contributed by atoms with van der Waals surface area (Å²) < 4.78 is 13.1. The van der Waals surface area contributed by atoms with E-state index in [1.54, 1.807) is 12.1 Å². The van der Waals surface area contributed by atoms with Crippen LogP contribution in [0.25, 0.3) is 6.08 Å². The number of benzene rings is 2. The smallest absolute Gasteiger partial charge is 0.255 e. The van der Waals surface area contributed by atoms with Crippen molar-refractivity contribution in [3.05, 3.63) is 65.0 Å². The van der Waals surface area contributed by atoms with Crippen LogP contribution in [0.4, 0.5) is 15.8 Å². The number of nitrogens with two attached hydrogens (primary N) is 1. The van der Waals surface area contributed by atoms with Gasteiger partial charge in [0.15, 0.2) is 0 Å². The molecule has 150 valence electrons. The number of anilines is 2. The summed E-state index contributed by atoms with van der Waals surface area (Å²) in [4.78, 5) is 14.8. The van der Waals surface area contributed by atoms with Crippen molar-refractivity contribution in [2.24, 2.45) is 5.92 Å². The van der Waals surface area contributed by atoms with Crippen molar-refractivity contribution < 1.29 is 9.18 Å². The third-order valence-electron chi connectivity index (χ3n) is 4.87. The van der Waals surface area contributed by atoms with Crippen molar-refractivity contribution in [3.63, 3.8) is 0 Å². The maximum atomic E-state index is 13.1. The second kappa shape index (κ2) is 9.41. The summed E-state index contributed by atoms with van der Waals surface area (Å²) in [6, 6.07) is 11.4. The van der Waals surface area contributed by atoms with Gasteiger partial charge in [-0.3, -0.25) is 9.69 Å². The van der Waals surface area contributed by atoms with Crippen LogP contribution in [0.15, 0.2) is 48.0 Å². The number of nitrogen functional groups attached to an aromatic ring is 1. The Balaban J connectivity index is 0.00000140. The minimum absolute atomic E-state index is 0. The predicted molar refractivity (Wildman–Crippen MR) is 117 cm³/mol. The molecule has 2 aromatic carbocycles. The largest absolute Gasteiger partial charge is 0.397 e. The van der Waals surface area contributed by atoms with E-state index in [2.05, 4.69) is 16.3 Å². The van der Waals surface area contributed by atoms with Crippen molar-refractivity contribution in [1.82, 2.24) is 4.90 Å². The Morgan fingerprint density at radius 1 is 1.14 bits per heavy atom. The van der Waals surface area contributed by atoms with Crippen LogP contribution in [0.3, 0.4) is 0 Å². The highest BCUT2D eigenvalue weighted by Crippen LogP contribution is 2.32. The Morgan fingerprint density at radius 2 is 1.82 bits per heavy atom. The molecule has 0 unspecified atom stereocenters. The molecule has 0 bridgehead atoms. The molecule has 1 heterocycles. The van der Waals surface area contributed by atoms with Crippen LogP contribution in [0.2, 0.25) is 0 Å². The van der Waals surface area contributed by atoms with Gasteiger partial charge in [0.1, 0.15) is 5.82 Å². The molecule has 2 aliphatic rings. The zero-order chi connectivity index (χ0) is 18.1. The number of hydrogen-bond donors (Lipinski definition) is 2. The summed E-state index contributed by atoms with van der Waals surface area (Å²) in [5.41, 5.74) is 9.42. The highest BCUT2D eigenvalue weighted by Gasteiger charge is 2.28. The molecule has 1 aliphatic carbocycles. The molecule has 1 saturated heterocycles. The Bertz CT molecular complexity index is 858. The molecule has 0 radical (unpaired) electrons. The van der Waals surface area contributed by atoms with Crippen LogP contribution in [-0.4, -0.2) is 30.4 Å². The minimum Gasteiger partial charge on any atom is -0.397 e. The minimum atomic E-state index is -0.426. The zero-order valence-corrected chi connectivity index (χ0v) is 17.0. The molecule has 0 atom stereocenters. The van der Waals surface area contributed by atoms with E-state index in [0.717, 1.165) is 24.6 Å². The highest BCUT2D eigenvalue weighted by atomic mass is 35.5. The first-order chi connectivity index (χ1) is 12.6. The molecule has 4 rings (SSSR count). The molecule has 7 heteroatoms. The lowest BCUT2D eigenvalue weighted by molar-refractivity contribution is 0.102. The summed E-state index contributed by atoms with van der Waals surface area (Å²) in [5, 5.41) is 2.71. The Kier molecular flexibility index (Phi) is 7.47. The third-order valence-corrected chi connectivity index (χ3v) is 4.87. The SMILES string of the molecule is Cl.Cl.Nc1cc(F)ccc1NC(=O)c1ccc(C=C2CN(CC3CC3)C2)cc1. The fraction of sp³-hybridized carbons (Fsp3) is 0.286. The van der Waals surface area contributed by atoms with E-state index in [1.165, 1.54) is 43.2 Å². The number of halogens is 3. The number of nitrogens with zero attached hydrogens (tertiary/aromatic N) is 1. The van der Waals surface area contributed by atoms with E-state index in [9.17, 15) is 9.18 Å². The Labute approximate surface area is 176 Å². The number of rotatable bonds is 5. The molecule has 1 saturated carbocycles. The molecule has 2 fully saturated rings. The topological polar surface area (TPSA) is 58.4 Å². The fourth-order valence-corrected chi connectivity index (χ4v) is 3.22. The van der Waals surface area contributed by atoms with Crippen molar-refractivity contribution in [2.45, 2.75) is 12.8 Å². The first-order valence-electron chi connectivity index (χ1n) is 8.95.